The number of halogens is 1. The predicted molar refractivity (Wildman–Crippen MR) is 68.6 cm³/mol. The van der Waals surface area contributed by atoms with Crippen molar-refractivity contribution in [2.75, 3.05) is 20.3 Å². The van der Waals surface area contributed by atoms with E-state index in [9.17, 15) is 0 Å². The molecular weight excluding hydrogens is 270 g/mol. The topological polar surface area (TPSA) is 34.4 Å². The zero-order chi connectivity index (χ0) is 11.8. The van der Waals surface area contributed by atoms with Crippen LogP contribution in [0.2, 0.25) is 0 Å². The lowest BCUT2D eigenvalue weighted by atomic mass is 10.1. The van der Waals surface area contributed by atoms with Crippen LogP contribution in [0.15, 0.2) is 21.2 Å². The molecule has 1 unspecified atom stereocenters. The van der Waals surface area contributed by atoms with Crippen molar-refractivity contribution >= 4 is 15.9 Å². The zero-order valence-electron chi connectivity index (χ0n) is 9.96. The van der Waals surface area contributed by atoms with Gasteiger partial charge in [0.05, 0.1) is 6.04 Å². The lowest BCUT2D eigenvalue weighted by molar-refractivity contribution is 0.187. The van der Waals surface area contributed by atoms with E-state index in [1.54, 1.807) is 7.11 Å². The van der Waals surface area contributed by atoms with E-state index in [2.05, 4.69) is 28.2 Å². The molecule has 3 nitrogen and oxygen atoms in total. The highest BCUT2D eigenvalue weighted by atomic mass is 79.9. The van der Waals surface area contributed by atoms with E-state index in [1.807, 2.05) is 12.1 Å². The summed E-state index contributed by atoms with van der Waals surface area (Å²) < 4.78 is 11.4. The number of hydrogen-bond donors (Lipinski definition) is 1. The molecule has 1 N–H and O–H groups in total. The Hall–Kier alpha value is -0.320. The van der Waals surface area contributed by atoms with Crippen molar-refractivity contribution in [2.45, 2.75) is 32.2 Å². The standard InChI is InChI=1S/C12H20BrNO2/c1-3-8-14-10(5-4-9-15-2)11-6-7-12(13)16-11/h6-7,10,14H,3-5,8-9H2,1-2H3. The van der Waals surface area contributed by atoms with Crippen molar-refractivity contribution in [3.8, 4) is 0 Å². The van der Waals surface area contributed by atoms with Crippen LogP contribution in [0.25, 0.3) is 0 Å². The van der Waals surface area contributed by atoms with Crippen molar-refractivity contribution in [3.63, 3.8) is 0 Å². The lowest BCUT2D eigenvalue weighted by Crippen LogP contribution is -2.22. The fraction of sp³-hybridized carbons (Fsp3) is 0.667. The molecule has 0 aliphatic heterocycles. The Bertz CT molecular complexity index is 288. The molecule has 1 aromatic rings. The van der Waals surface area contributed by atoms with Gasteiger partial charge in [0, 0.05) is 13.7 Å². The van der Waals surface area contributed by atoms with Crippen LogP contribution < -0.4 is 5.32 Å². The Morgan fingerprint density at radius 2 is 2.31 bits per heavy atom. The number of furan rings is 1. The molecule has 0 amide bonds. The Morgan fingerprint density at radius 1 is 1.50 bits per heavy atom. The number of hydrogen-bond acceptors (Lipinski definition) is 3. The van der Waals surface area contributed by atoms with Gasteiger partial charge in [0.25, 0.3) is 0 Å². The fourth-order valence-electron chi connectivity index (χ4n) is 1.61. The molecule has 4 heteroatoms. The van der Waals surface area contributed by atoms with Gasteiger partial charge in [-0.25, -0.2) is 0 Å². The largest absolute Gasteiger partial charge is 0.453 e. The molecule has 0 aromatic carbocycles. The van der Waals surface area contributed by atoms with Gasteiger partial charge >= 0.3 is 0 Å². The second-order valence-electron chi connectivity index (χ2n) is 3.78. The highest BCUT2D eigenvalue weighted by molar-refractivity contribution is 9.10. The molecule has 0 saturated carbocycles. The fourth-order valence-corrected chi connectivity index (χ4v) is 1.93. The summed E-state index contributed by atoms with van der Waals surface area (Å²) in [4.78, 5) is 0. The Balaban J connectivity index is 2.49. The van der Waals surface area contributed by atoms with E-state index in [4.69, 9.17) is 9.15 Å². The van der Waals surface area contributed by atoms with Gasteiger partial charge in [-0.2, -0.15) is 0 Å². The van der Waals surface area contributed by atoms with Crippen LogP contribution in [0.1, 0.15) is 38.0 Å². The molecule has 1 aromatic heterocycles. The van der Waals surface area contributed by atoms with Gasteiger partial charge < -0.3 is 14.5 Å². The summed E-state index contributed by atoms with van der Waals surface area (Å²) in [5.74, 6) is 0.997. The van der Waals surface area contributed by atoms with Gasteiger partial charge in [0.15, 0.2) is 4.67 Å². The van der Waals surface area contributed by atoms with Gasteiger partial charge in [0.2, 0.25) is 0 Å². The average Bonchev–Trinajstić information content (AvgIpc) is 2.70. The van der Waals surface area contributed by atoms with Crippen LogP contribution in [0.3, 0.4) is 0 Å². The first kappa shape index (κ1) is 13.7. The third-order valence-corrected chi connectivity index (χ3v) is 2.85. The maximum absolute atomic E-state index is 5.59. The molecule has 0 spiro atoms. The van der Waals surface area contributed by atoms with Crippen molar-refractivity contribution in [1.82, 2.24) is 5.32 Å². The molecule has 1 rings (SSSR count). The lowest BCUT2D eigenvalue weighted by Gasteiger charge is -2.15. The third-order valence-electron chi connectivity index (χ3n) is 2.42. The number of methoxy groups -OCH3 is 1. The zero-order valence-corrected chi connectivity index (χ0v) is 11.5. The minimum atomic E-state index is 0.293. The minimum absolute atomic E-state index is 0.293. The van der Waals surface area contributed by atoms with Crippen molar-refractivity contribution < 1.29 is 9.15 Å². The second kappa shape index (κ2) is 7.87. The highest BCUT2D eigenvalue weighted by Crippen LogP contribution is 2.23. The first-order valence-corrected chi connectivity index (χ1v) is 6.54. The number of nitrogens with one attached hydrogen (secondary N) is 1. The molecule has 1 atom stereocenters. The predicted octanol–water partition coefficient (Wildman–Crippen LogP) is 3.51. The van der Waals surface area contributed by atoms with Gasteiger partial charge in [-0.15, -0.1) is 0 Å². The summed E-state index contributed by atoms with van der Waals surface area (Å²) in [6, 6.07) is 4.25. The number of ether oxygens (including phenoxy) is 1. The monoisotopic (exact) mass is 289 g/mol. The molecule has 0 aliphatic carbocycles. The molecule has 0 aliphatic rings. The van der Waals surface area contributed by atoms with E-state index < -0.39 is 0 Å². The van der Waals surface area contributed by atoms with Gasteiger partial charge in [-0.3, -0.25) is 0 Å². The summed E-state index contributed by atoms with van der Waals surface area (Å²) in [6.07, 6.45) is 3.20. The molecule has 16 heavy (non-hydrogen) atoms. The van der Waals surface area contributed by atoms with Gasteiger partial charge in [0.1, 0.15) is 5.76 Å². The van der Waals surface area contributed by atoms with Crippen LogP contribution in [0.4, 0.5) is 0 Å². The first-order chi connectivity index (χ1) is 7.77. The van der Waals surface area contributed by atoms with E-state index >= 15 is 0 Å². The minimum Gasteiger partial charge on any atom is -0.453 e. The summed E-state index contributed by atoms with van der Waals surface area (Å²) in [5.41, 5.74) is 0. The molecular formula is C12H20BrNO2. The SMILES string of the molecule is CCCNC(CCCOC)c1ccc(Br)o1. The van der Waals surface area contributed by atoms with E-state index in [0.717, 1.165) is 42.8 Å². The van der Waals surface area contributed by atoms with Crippen molar-refractivity contribution in [3.05, 3.63) is 22.6 Å². The Morgan fingerprint density at radius 3 is 2.88 bits per heavy atom. The van der Waals surface area contributed by atoms with Crippen LogP contribution in [-0.2, 0) is 4.74 Å². The summed E-state index contributed by atoms with van der Waals surface area (Å²) in [5, 5.41) is 3.49. The summed E-state index contributed by atoms with van der Waals surface area (Å²) >= 11 is 3.33. The Labute approximate surface area is 106 Å². The van der Waals surface area contributed by atoms with Gasteiger partial charge in [-0.05, 0) is 53.9 Å². The molecule has 0 bridgehead atoms. The second-order valence-corrected chi connectivity index (χ2v) is 4.57. The number of rotatable bonds is 8. The van der Waals surface area contributed by atoms with E-state index in [0.29, 0.717) is 6.04 Å². The summed E-state index contributed by atoms with van der Waals surface area (Å²) in [7, 11) is 1.73. The average molecular weight is 290 g/mol. The maximum Gasteiger partial charge on any atom is 0.169 e. The highest BCUT2D eigenvalue weighted by Gasteiger charge is 2.13. The van der Waals surface area contributed by atoms with Crippen LogP contribution >= 0.6 is 15.9 Å². The Kier molecular flexibility index (Phi) is 6.76. The smallest absolute Gasteiger partial charge is 0.169 e. The summed E-state index contributed by atoms with van der Waals surface area (Å²) in [6.45, 7) is 3.97. The van der Waals surface area contributed by atoms with Gasteiger partial charge in [-0.1, -0.05) is 6.92 Å². The first-order valence-electron chi connectivity index (χ1n) is 5.75. The van der Waals surface area contributed by atoms with Crippen molar-refractivity contribution in [1.29, 1.82) is 0 Å². The van der Waals surface area contributed by atoms with Crippen LogP contribution in [0.5, 0.6) is 0 Å². The molecule has 1 heterocycles. The molecule has 0 radical (unpaired) electrons. The normalized spacial score (nSPS) is 12.9. The molecule has 0 saturated heterocycles. The third kappa shape index (κ3) is 4.68. The van der Waals surface area contributed by atoms with E-state index in [-0.39, 0.29) is 0 Å². The quantitative estimate of drug-likeness (QED) is 0.744. The van der Waals surface area contributed by atoms with Crippen molar-refractivity contribution in [2.24, 2.45) is 0 Å². The van der Waals surface area contributed by atoms with Crippen LogP contribution in [0, 0.1) is 0 Å². The molecule has 0 fully saturated rings. The van der Waals surface area contributed by atoms with Crippen LogP contribution in [-0.4, -0.2) is 20.3 Å². The maximum atomic E-state index is 5.59. The molecule has 92 valence electrons. The van der Waals surface area contributed by atoms with E-state index in [1.165, 1.54) is 0 Å².